The minimum Gasteiger partial charge on any atom is -0.398 e. The molecule has 2 rings (SSSR count). The van der Waals surface area contributed by atoms with Crippen molar-refractivity contribution in [1.82, 2.24) is 4.98 Å². The van der Waals surface area contributed by atoms with Crippen LogP contribution in [0.2, 0.25) is 0 Å². The standard InChI is InChI=1S/C14H6F3N5O4/c15-14(16,17)26-10-2-1-6(3-9(10)22(24)25)11-7(4-18)12(20)21-13(23)8(11)5-19/h1-3H,(H3,20,21,23). The van der Waals surface area contributed by atoms with E-state index in [0.717, 1.165) is 6.07 Å². The Bertz CT molecular complexity index is 1050. The van der Waals surface area contributed by atoms with Crippen LogP contribution >= 0.6 is 0 Å². The van der Waals surface area contributed by atoms with E-state index >= 15 is 0 Å². The van der Waals surface area contributed by atoms with Crippen LogP contribution in [-0.2, 0) is 0 Å². The third-order valence-corrected chi connectivity index (χ3v) is 3.14. The summed E-state index contributed by atoms with van der Waals surface area (Å²) >= 11 is 0. The average Bonchev–Trinajstić information content (AvgIpc) is 2.53. The second kappa shape index (κ2) is 6.45. The molecule has 0 bridgehead atoms. The monoisotopic (exact) mass is 365 g/mol. The quantitative estimate of drug-likeness (QED) is 0.622. The average molecular weight is 365 g/mol. The number of H-pyrrole nitrogens is 1. The molecule has 0 saturated heterocycles. The Labute approximate surface area is 141 Å². The maximum absolute atomic E-state index is 12.4. The summed E-state index contributed by atoms with van der Waals surface area (Å²) < 4.78 is 40.7. The Morgan fingerprint density at radius 2 is 1.85 bits per heavy atom. The Morgan fingerprint density at radius 3 is 2.35 bits per heavy atom. The number of nitrogens with one attached hydrogen (secondary N) is 1. The molecule has 0 aliphatic rings. The molecule has 0 fully saturated rings. The lowest BCUT2D eigenvalue weighted by molar-refractivity contribution is -0.388. The zero-order chi connectivity index (χ0) is 19.6. The molecule has 0 radical (unpaired) electrons. The van der Waals surface area contributed by atoms with Crippen molar-refractivity contribution < 1.29 is 22.8 Å². The van der Waals surface area contributed by atoms with E-state index in [-0.39, 0.29) is 16.7 Å². The van der Waals surface area contributed by atoms with Gasteiger partial charge in [0.15, 0.2) is 0 Å². The van der Waals surface area contributed by atoms with Gasteiger partial charge in [0.1, 0.15) is 29.1 Å². The van der Waals surface area contributed by atoms with Gasteiger partial charge in [0.05, 0.1) is 4.92 Å². The maximum Gasteiger partial charge on any atom is 0.573 e. The Kier molecular flexibility index (Phi) is 4.53. The fourth-order valence-electron chi connectivity index (χ4n) is 2.16. The molecule has 0 aliphatic carbocycles. The molecule has 1 aromatic heterocycles. The molecule has 2 aromatic rings. The Balaban J connectivity index is 2.82. The highest BCUT2D eigenvalue weighted by Gasteiger charge is 2.34. The molecule has 0 spiro atoms. The first-order chi connectivity index (χ1) is 12.1. The van der Waals surface area contributed by atoms with E-state index in [1.54, 1.807) is 6.07 Å². The van der Waals surface area contributed by atoms with Crippen molar-refractivity contribution in [2.45, 2.75) is 6.36 Å². The van der Waals surface area contributed by atoms with E-state index in [4.69, 9.17) is 11.0 Å². The lowest BCUT2D eigenvalue weighted by Crippen LogP contribution is -2.18. The minimum absolute atomic E-state index is 0.225. The molecule has 0 aliphatic heterocycles. The van der Waals surface area contributed by atoms with Crippen LogP contribution in [-0.4, -0.2) is 16.3 Å². The normalized spacial score (nSPS) is 10.7. The van der Waals surface area contributed by atoms with Crippen LogP contribution in [0.5, 0.6) is 5.75 Å². The number of nitrogens with zero attached hydrogens (tertiary/aromatic N) is 3. The molecular formula is C14H6F3N5O4. The topological polar surface area (TPSA) is 159 Å². The summed E-state index contributed by atoms with van der Waals surface area (Å²) in [4.78, 5) is 23.8. The Morgan fingerprint density at radius 1 is 1.23 bits per heavy atom. The fraction of sp³-hybridized carbons (Fsp3) is 0.0714. The van der Waals surface area contributed by atoms with Crippen LogP contribution in [0.3, 0.4) is 0 Å². The number of ether oxygens (including phenoxy) is 1. The predicted octanol–water partition coefficient (Wildman–Crippen LogP) is 2.17. The van der Waals surface area contributed by atoms with Gasteiger partial charge in [-0.3, -0.25) is 14.9 Å². The number of hydrogen-bond donors (Lipinski definition) is 2. The van der Waals surface area contributed by atoms with Crippen LogP contribution in [0.4, 0.5) is 24.7 Å². The van der Waals surface area contributed by atoms with Gasteiger partial charge in [-0.2, -0.15) is 10.5 Å². The molecule has 132 valence electrons. The largest absolute Gasteiger partial charge is 0.573 e. The summed E-state index contributed by atoms with van der Waals surface area (Å²) in [7, 11) is 0. The van der Waals surface area contributed by atoms with E-state index in [2.05, 4.69) is 9.72 Å². The molecule has 1 aromatic carbocycles. The van der Waals surface area contributed by atoms with Crippen LogP contribution in [0.15, 0.2) is 23.0 Å². The first-order valence-corrected chi connectivity index (χ1v) is 6.49. The van der Waals surface area contributed by atoms with Crippen molar-refractivity contribution in [3.63, 3.8) is 0 Å². The number of nitriles is 2. The van der Waals surface area contributed by atoms with Crippen molar-refractivity contribution in [3.8, 4) is 29.0 Å². The number of aromatic amines is 1. The number of rotatable bonds is 3. The third-order valence-electron chi connectivity index (χ3n) is 3.14. The summed E-state index contributed by atoms with van der Waals surface area (Å²) in [5.41, 5.74) is 1.98. The van der Waals surface area contributed by atoms with Crippen LogP contribution < -0.4 is 16.0 Å². The van der Waals surface area contributed by atoms with Gasteiger partial charge in [-0.15, -0.1) is 13.2 Å². The number of pyridine rings is 1. The van der Waals surface area contributed by atoms with Gasteiger partial charge in [0.2, 0.25) is 5.75 Å². The number of hydrogen-bond acceptors (Lipinski definition) is 7. The summed E-state index contributed by atoms with van der Waals surface area (Å²) in [5.74, 6) is -1.49. The minimum atomic E-state index is -5.17. The summed E-state index contributed by atoms with van der Waals surface area (Å²) in [6.07, 6.45) is -5.17. The van der Waals surface area contributed by atoms with E-state index in [1.807, 2.05) is 0 Å². The van der Waals surface area contributed by atoms with E-state index in [1.165, 1.54) is 6.07 Å². The van der Waals surface area contributed by atoms with Gasteiger partial charge >= 0.3 is 12.0 Å². The second-order valence-electron chi connectivity index (χ2n) is 4.70. The van der Waals surface area contributed by atoms with Crippen molar-refractivity contribution >= 4 is 11.5 Å². The number of nitrogen functional groups attached to an aromatic ring is 1. The molecule has 9 nitrogen and oxygen atoms in total. The highest BCUT2D eigenvalue weighted by Crippen LogP contribution is 2.37. The van der Waals surface area contributed by atoms with Gasteiger partial charge < -0.3 is 15.5 Å². The smallest absolute Gasteiger partial charge is 0.398 e. The maximum atomic E-state index is 12.4. The third kappa shape index (κ3) is 3.39. The molecule has 26 heavy (non-hydrogen) atoms. The van der Waals surface area contributed by atoms with Crippen LogP contribution in [0.25, 0.3) is 11.1 Å². The first kappa shape index (κ1) is 18.3. The number of benzene rings is 1. The number of alkyl halides is 3. The SMILES string of the molecule is N#Cc1c(N)[nH]c(=O)c(C#N)c1-c1ccc(OC(F)(F)F)c([N+](=O)[O-])c1. The van der Waals surface area contributed by atoms with Gasteiger partial charge in [-0.1, -0.05) is 6.07 Å². The zero-order valence-electron chi connectivity index (χ0n) is 12.4. The molecule has 0 atom stereocenters. The van der Waals surface area contributed by atoms with Crippen LogP contribution in [0.1, 0.15) is 11.1 Å². The lowest BCUT2D eigenvalue weighted by atomic mass is 9.96. The highest BCUT2D eigenvalue weighted by atomic mass is 19.4. The van der Waals surface area contributed by atoms with Crippen molar-refractivity contribution in [1.29, 1.82) is 10.5 Å². The first-order valence-electron chi connectivity index (χ1n) is 6.49. The van der Waals surface area contributed by atoms with E-state index in [9.17, 15) is 33.3 Å². The molecule has 0 amide bonds. The van der Waals surface area contributed by atoms with Crippen LogP contribution in [0, 0.1) is 32.8 Å². The van der Waals surface area contributed by atoms with Crippen molar-refractivity contribution in [3.05, 3.63) is 49.8 Å². The molecular weight excluding hydrogens is 359 g/mol. The highest BCUT2D eigenvalue weighted by molar-refractivity contribution is 5.81. The van der Waals surface area contributed by atoms with Crippen molar-refractivity contribution in [2.75, 3.05) is 5.73 Å². The van der Waals surface area contributed by atoms with Gasteiger partial charge in [-0.05, 0) is 11.6 Å². The number of nitro groups is 1. The molecule has 12 heteroatoms. The Hall–Kier alpha value is -4.06. The molecule has 1 heterocycles. The second-order valence-corrected chi connectivity index (χ2v) is 4.70. The number of aromatic nitrogens is 1. The molecule has 0 saturated carbocycles. The molecule has 0 unspecified atom stereocenters. The van der Waals surface area contributed by atoms with Gasteiger partial charge in [0, 0.05) is 11.6 Å². The number of nitrogens with two attached hydrogens (primary N) is 1. The fourth-order valence-corrected chi connectivity index (χ4v) is 2.16. The predicted molar refractivity (Wildman–Crippen MR) is 79.7 cm³/mol. The number of halogens is 3. The zero-order valence-corrected chi connectivity index (χ0v) is 12.4. The van der Waals surface area contributed by atoms with Crippen molar-refractivity contribution in [2.24, 2.45) is 0 Å². The van der Waals surface area contributed by atoms with E-state index in [0.29, 0.717) is 12.1 Å². The number of anilines is 1. The summed E-state index contributed by atoms with van der Waals surface area (Å²) in [5, 5.41) is 29.4. The lowest BCUT2D eigenvalue weighted by Gasteiger charge is -2.12. The molecule has 3 N–H and O–H groups in total. The number of nitro benzene ring substituents is 1. The van der Waals surface area contributed by atoms with Gasteiger partial charge in [0.25, 0.3) is 5.56 Å². The van der Waals surface area contributed by atoms with Gasteiger partial charge in [-0.25, -0.2) is 0 Å². The summed E-state index contributed by atoms with van der Waals surface area (Å²) in [6.45, 7) is 0. The van der Waals surface area contributed by atoms with E-state index < -0.39 is 39.7 Å². The summed E-state index contributed by atoms with van der Waals surface area (Å²) in [6, 6.07) is 5.40.